The summed E-state index contributed by atoms with van der Waals surface area (Å²) in [6.07, 6.45) is -0.728. The molecule has 2 amide bonds. The monoisotopic (exact) mass is 448 g/mol. The van der Waals surface area contributed by atoms with E-state index in [-0.39, 0.29) is 24.0 Å². The number of fused-ring (bicyclic) bond motifs is 3. The Hall–Kier alpha value is -4.14. The predicted octanol–water partition coefficient (Wildman–Crippen LogP) is 3.37. The summed E-state index contributed by atoms with van der Waals surface area (Å²) in [6.45, 7) is 3.18. The third-order valence-electron chi connectivity index (χ3n) is 5.67. The van der Waals surface area contributed by atoms with Gasteiger partial charge in [0.1, 0.15) is 18.0 Å². The smallest absolute Gasteiger partial charge is 0.408 e. The molecule has 33 heavy (non-hydrogen) atoms. The first-order valence-corrected chi connectivity index (χ1v) is 10.4. The summed E-state index contributed by atoms with van der Waals surface area (Å²) in [6, 6.07) is 17.3. The number of hydrogen-bond acceptors (Lipinski definition) is 5. The number of aryl methyl sites for hydroxylation is 1. The van der Waals surface area contributed by atoms with Crippen molar-refractivity contribution in [2.24, 2.45) is 7.05 Å². The third kappa shape index (κ3) is 4.30. The van der Waals surface area contributed by atoms with Gasteiger partial charge >= 0.3 is 12.1 Å². The van der Waals surface area contributed by atoms with E-state index in [1.807, 2.05) is 36.4 Å². The van der Waals surface area contributed by atoms with Crippen LogP contribution in [0.25, 0.3) is 11.1 Å². The van der Waals surface area contributed by atoms with E-state index in [0.717, 1.165) is 22.3 Å². The number of carbonyl (C=O) groups is 3. The molecule has 0 spiro atoms. The van der Waals surface area contributed by atoms with Crippen molar-refractivity contribution in [3.63, 3.8) is 0 Å². The predicted molar refractivity (Wildman–Crippen MR) is 121 cm³/mol. The zero-order valence-electron chi connectivity index (χ0n) is 18.5. The van der Waals surface area contributed by atoms with Crippen LogP contribution < -0.4 is 10.6 Å². The Morgan fingerprint density at radius 3 is 2.18 bits per heavy atom. The van der Waals surface area contributed by atoms with Gasteiger partial charge in [-0.2, -0.15) is 5.10 Å². The van der Waals surface area contributed by atoms with E-state index in [0.29, 0.717) is 0 Å². The lowest BCUT2D eigenvalue weighted by atomic mass is 9.98. The molecule has 2 aromatic carbocycles. The van der Waals surface area contributed by atoms with Crippen LogP contribution in [-0.4, -0.2) is 45.0 Å². The quantitative estimate of drug-likeness (QED) is 0.531. The number of rotatable bonds is 6. The fourth-order valence-electron chi connectivity index (χ4n) is 3.91. The summed E-state index contributed by atoms with van der Waals surface area (Å²) in [5, 5.41) is 18.0. The number of hydrogen-bond donors (Lipinski definition) is 3. The molecule has 9 heteroatoms. The van der Waals surface area contributed by atoms with Gasteiger partial charge in [-0.15, -0.1) is 0 Å². The van der Waals surface area contributed by atoms with Crippen LogP contribution in [0.15, 0.2) is 54.6 Å². The highest BCUT2D eigenvalue weighted by Crippen LogP contribution is 2.44. The molecule has 0 saturated heterocycles. The van der Waals surface area contributed by atoms with Gasteiger partial charge in [-0.25, -0.2) is 9.59 Å². The number of anilines is 1. The standard InChI is InChI=1S/C24H24N4O5/c1-24(2,22(31)25-20-12-19(21(29)30)27-28(20)3)26-23(32)33-13-18-16-10-6-4-8-14(16)15-9-5-7-11-17(15)18/h4-12,18H,13H2,1-3H3,(H,25,31)(H,26,32)(H,29,30). The first kappa shape index (κ1) is 22.1. The second-order valence-electron chi connectivity index (χ2n) is 8.37. The van der Waals surface area contributed by atoms with Gasteiger partial charge in [-0.3, -0.25) is 9.48 Å². The van der Waals surface area contributed by atoms with Gasteiger partial charge in [0.2, 0.25) is 0 Å². The Kier molecular flexibility index (Phi) is 5.63. The molecule has 0 radical (unpaired) electrons. The fraction of sp³-hybridized carbons (Fsp3) is 0.250. The number of aromatic nitrogens is 2. The van der Waals surface area contributed by atoms with Crippen LogP contribution in [0, 0.1) is 0 Å². The number of alkyl carbamates (subject to hydrolysis) is 1. The van der Waals surface area contributed by atoms with E-state index < -0.39 is 23.5 Å². The highest BCUT2D eigenvalue weighted by Gasteiger charge is 2.33. The number of ether oxygens (including phenoxy) is 1. The number of benzene rings is 2. The molecule has 170 valence electrons. The van der Waals surface area contributed by atoms with Gasteiger partial charge in [0.15, 0.2) is 5.69 Å². The van der Waals surface area contributed by atoms with Gasteiger partial charge in [0.25, 0.3) is 5.91 Å². The normalized spacial score (nSPS) is 12.6. The van der Waals surface area contributed by atoms with Crippen LogP contribution in [0.2, 0.25) is 0 Å². The minimum Gasteiger partial charge on any atom is -0.476 e. The van der Waals surface area contributed by atoms with Gasteiger partial charge < -0.3 is 20.5 Å². The summed E-state index contributed by atoms with van der Waals surface area (Å²) in [5.74, 6) is -1.65. The molecule has 1 aliphatic rings. The van der Waals surface area contributed by atoms with Crippen LogP contribution in [0.3, 0.4) is 0 Å². The molecular formula is C24H24N4O5. The van der Waals surface area contributed by atoms with E-state index >= 15 is 0 Å². The Balaban J connectivity index is 1.40. The number of aromatic carboxylic acids is 1. The summed E-state index contributed by atoms with van der Waals surface area (Å²) < 4.78 is 6.75. The van der Waals surface area contributed by atoms with Crippen molar-refractivity contribution in [2.75, 3.05) is 11.9 Å². The molecule has 0 aliphatic heterocycles. The number of nitrogens with zero attached hydrogens (tertiary/aromatic N) is 2. The summed E-state index contributed by atoms with van der Waals surface area (Å²) >= 11 is 0. The van der Waals surface area contributed by atoms with Crippen molar-refractivity contribution in [3.8, 4) is 11.1 Å². The van der Waals surface area contributed by atoms with Crippen molar-refractivity contribution in [2.45, 2.75) is 25.3 Å². The van der Waals surface area contributed by atoms with Crippen LogP contribution >= 0.6 is 0 Å². The summed E-state index contributed by atoms with van der Waals surface area (Å²) in [5.41, 5.74) is 2.91. The largest absolute Gasteiger partial charge is 0.476 e. The van der Waals surface area contributed by atoms with Crippen molar-refractivity contribution in [1.29, 1.82) is 0 Å². The average Bonchev–Trinajstić information content (AvgIpc) is 3.30. The second-order valence-corrected chi connectivity index (χ2v) is 8.37. The Morgan fingerprint density at radius 2 is 1.64 bits per heavy atom. The van der Waals surface area contributed by atoms with Crippen LogP contribution in [0.4, 0.5) is 10.6 Å². The molecule has 3 aromatic rings. The molecule has 4 rings (SSSR count). The molecular weight excluding hydrogens is 424 g/mol. The molecule has 0 atom stereocenters. The first-order chi connectivity index (χ1) is 15.7. The second kappa shape index (κ2) is 8.42. The van der Waals surface area contributed by atoms with Crippen molar-refractivity contribution < 1.29 is 24.2 Å². The lowest BCUT2D eigenvalue weighted by molar-refractivity contribution is -0.121. The third-order valence-corrected chi connectivity index (χ3v) is 5.67. The molecule has 1 aliphatic carbocycles. The number of amides is 2. The van der Waals surface area contributed by atoms with Gasteiger partial charge in [-0.05, 0) is 36.1 Å². The van der Waals surface area contributed by atoms with Gasteiger partial charge in [0, 0.05) is 19.0 Å². The molecule has 3 N–H and O–H groups in total. The molecule has 0 saturated carbocycles. The van der Waals surface area contributed by atoms with Gasteiger partial charge in [0.05, 0.1) is 0 Å². The Morgan fingerprint density at radius 1 is 1.06 bits per heavy atom. The van der Waals surface area contributed by atoms with E-state index in [1.54, 1.807) is 0 Å². The van der Waals surface area contributed by atoms with Crippen molar-refractivity contribution in [3.05, 3.63) is 71.4 Å². The molecule has 0 bridgehead atoms. The molecule has 0 unspecified atom stereocenters. The first-order valence-electron chi connectivity index (χ1n) is 10.4. The number of carboxylic acid groups (broad SMARTS) is 1. The SMILES string of the molecule is Cn1nc(C(=O)O)cc1NC(=O)C(C)(C)NC(=O)OCC1c2ccccc2-c2ccccc21. The Bertz CT molecular complexity index is 1200. The maximum absolute atomic E-state index is 12.7. The molecule has 9 nitrogen and oxygen atoms in total. The number of carbonyl (C=O) groups excluding carboxylic acids is 2. The van der Waals surface area contributed by atoms with E-state index in [4.69, 9.17) is 9.84 Å². The average molecular weight is 448 g/mol. The maximum atomic E-state index is 12.7. The lowest BCUT2D eigenvalue weighted by Crippen LogP contribution is -2.52. The van der Waals surface area contributed by atoms with Gasteiger partial charge in [-0.1, -0.05) is 48.5 Å². The topological polar surface area (TPSA) is 123 Å². The minimum absolute atomic E-state index is 0.0935. The van der Waals surface area contributed by atoms with E-state index in [2.05, 4.69) is 27.9 Å². The highest BCUT2D eigenvalue weighted by atomic mass is 16.5. The highest BCUT2D eigenvalue weighted by molar-refractivity contribution is 5.99. The summed E-state index contributed by atoms with van der Waals surface area (Å²) in [4.78, 5) is 36.3. The molecule has 0 fully saturated rings. The van der Waals surface area contributed by atoms with Crippen LogP contribution in [-0.2, 0) is 16.6 Å². The maximum Gasteiger partial charge on any atom is 0.408 e. The van der Waals surface area contributed by atoms with Crippen molar-refractivity contribution >= 4 is 23.8 Å². The number of carboxylic acids is 1. The Labute approximate surface area is 190 Å². The summed E-state index contributed by atoms with van der Waals surface area (Å²) in [7, 11) is 1.51. The van der Waals surface area contributed by atoms with Crippen LogP contribution in [0.1, 0.15) is 41.4 Å². The fourth-order valence-corrected chi connectivity index (χ4v) is 3.91. The zero-order valence-corrected chi connectivity index (χ0v) is 18.5. The number of nitrogens with one attached hydrogen (secondary N) is 2. The van der Waals surface area contributed by atoms with E-state index in [1.165, 1.54) is 31.6 Å². The zero-order chi connectivity index (χ0) is 23.8. The minimum atomic E-state index is -1.32. The van der Waals surface area contributed by atoms with E-state index in [9.17, 15) is 14.4 Å². The van der Waals surface area contributed by atoms with Crippen molar-refractivity contribution in [1.82, 2.24) is 15.1 Å². The molecule has 1 aromatic heterocycles. The van der Waals surface area contributed by atoms with Crippen LogP contribution in [0.5, 0.6) is 0 Å². The lowest BCUT2D eigenvalue weighted by Gasteiger charge is -2.25. The molecule has 1 heterocycles.